The van der Waals surface area contributed by atoms with Crippen LogP contribution in [0.1, 0.15) is 15.9 Å². The molecule has 0 saturated heterocycles. The van der Waals surface area contributed by atoms with Gasteiger partial charge in [0, 0.05) is 12.7 Å². The average molecular weight is 387 g/mol. The number of nitrogens with zero attached hydrogens (tertiary/aromatic N) is 1. The summed E-state index contributed by atoms with van der Waals surface area (Å²) in [4.78, 5) is 27.0. The molecule has 0 atom stereocenters. The van der Waals surface area contributed by atoms with Crippen molar-refractivity contribution in [2.24, 2.45) is 0 Å². The number of rotatable bonds is 6. The lowest BCUT2D eigenvalue weighted by molar-refractivity contribution is -0.132. The van der Waals surface area contributed by atoms with Crippen LogP contribution in [0.3, 0.4) is 0 Å². The molecule has 25 heavy (non-hydrogen) atoms. The lowest BCUT2D eigenvalue weighted by atomic mass is 10.1. The number of carbonyl (C=O) groups is 2. The topological polar surface area (TPSA) is 79.3 Å². The van der Waals surface area contributed by atoms with Crippen LogP contribution in [-0.4, -0.2) is 21.8 Å². The fraction of sp³-hybridized carbons (Fsp3) is 0.0625. The molecule has 0 amide bonds. The van der Waals surface area contributed by atoms with Gasteiger partial charge in [0.1, 0.15) is 16.5 Å². The Labute approximate surface area is 150 Å². The SMILES string of the molecule is O=C(O)C(=CNCc1cccc(F)c1)C(=O)c1cc(F)c(Cl)nc1Cl. The molecule has 0 unspecified atom stereocenters. The van der Waals surface area contributed by atoms with Gasteiger partial charge in [0.05, 0.1) is 5.56 Å². The molecule has 0 aliphatic rings. The number of hydrogen-bond donors (Lipinski definition) is 2. The van der Waals surface area contributed by atoms with E-state index in [-0.39, 0.29) is 6.54 Å². The predicted molar refractivity (Wildman–Crippen MR) is 87.5 cm³/mol. The largest absolute Gasteiger partial charge is 0.477 e. The number of carboxylic acids is 1. The van der Waals surface area contributed by atoms with E-state index < -0.39 is 44.8 Å². The van der Waals surface area contributed by atoms with Crippen LogP contribution in [-0.2, 0) is 11.3 Å². The molecule has 1 heterocycles. The number of pyridine rings is 1. The highest BCUT2D eigenvalue weighted by Gasteiger charge is 2.23. The number of carbonyl (C=O) groups excluding carboxylic acids is 1. The van der Waals surface area contributed by atoms with Crippen molar-refractivity contribution in [3.05, 3.63) is 75.2 Å². The van der Waals surface area contributed by atoms with Crippen LogP contribution in [0.2, 0.25) is 10.3 Å². The predicted octanol–water partition coefficient (Wildman–Crippen LogP) is 3.61. The van der Waals surface area contributed by atoms with E-state index in [1.807, 2.05) is 0 Å². The molecule has 0 radical (unpaired) electrons. The molecule has 9 heteroatoms. The summed E-state index contributed by atoms with van der Waals surface area (Å²) in [6.07, 6.45) is 0.929. The fourth-order valence-corrected chi connectivity index (χ4v) is 2.30. The van der Waals surface area contributed by atoms with Gasteiger partial charge in [-0.25, -0.2) is 18.6 Å². The monoisotopic (exact) mass is 386 g/mol. The van der Waals surface area contributed by atoms with Crippen molar-refractivity contribution >= 4 is 35.0 Å². The lowest BCUT2D eigenvalue weighted by Crippen LogP contribution is -2.18. The summed E-state index contributed by atoms with van der Waals surface area (Å²) in [6, 6.07) is 6.32. The number of hydrogen-bond acceptors (Lipinski definition) is 4. The minimum Gasteiger partial charge on any atom is -0.477 e. The summed E-state index contributed by atoms with van der Waals surface area (Å²) >= 11 is 11.2. The Morgan fingerprint density at radius 2 is 1.92 bits per heavy atom. The number of Topliss-reactive ketones (excluding diaryl/α,β-unsaturated/α-hetero) is 1. The highest BCUT2D eigenvalue weighted by atomic mass is 35.5. The zero-order valence-corrected chi connectivity index (χ0v) is 13.9. The van der Waals surface area contributed by atoms with Gasteiger partial charge in [-0.2, -0.15) is 0 Å². The van der Waals surface area contributed by atoms with Gasteiger partial charge in [-0.3, -0.25) is 4.79 Å². The molecule has 0 aliphatic heterocycles. The number of halogens is 4. The van der Waals surface area contributed by atoms with Gasteiger partial charge < -0.3 is 10.4 Å². The molecule has 0 bridgehead atoms. The number of aromatic nitrogens is 1. The van der Waals surface area contributed by atoms with Gasteiger partial charge in [-0.1, -0.05) is 35.3 Å². The third kappa shape index (κ3) is 4.74. The van der Waals surface area contributed by atoms with E-state index in [2.05, 4.69) is 10.3 Å². The summed E-state index contributed by atoms with van der Waals surface area (Å²) in [5, 5.41) is 10.8. The Balaban J connectivity index is 2.24. The first-order valence-corrected chi connectivity index (χ1v) is 7.52. The van der Waals surface area contributed by atoms with Crippen LogP contribution in [0.25, 0.3) is 0 Å². The average Bonchev–Trinajstić information content (AvgIpc) is 2.54. The highest BCUT2D eigenvalue weighted by Crippen LogP contribution is 2.22. The van der Waals surface area contributed by atoms with Crippen molar-refractivity contribution in [3.8, 4) is 0 Å². The maximum absolute atomic E-state index is 13.5. The van der Waals surface area contributed by atoms with E-state index in [1.165, 1.54) is 18.2 Å². The Morgan fingerprint density at radius 3 is 2.56 bits per heavy atom. The number of nitrogens with one attached hydrogen (secondary N) is 1. The van der Waals surface area contributed by atoms with Crippen LogP contribution in [0.4, 0.5) is 8.78 Å². The highest BCUT2D eigenvalue weighted by molar-refractivity contribution is 6.37. The quantitative estimate of drug-likeness (QED) is 0.260. The maximum Gasteiger partial charge on any atom is 0.341 e. The van der Waals surface area contributed by atoms with E-state index in [1.54, 1.807) is 6.07 Å². The van der Waals surface area contributed by atoms with Gasteiger partial charge in [0.25, 0.3) is 0 Å². The van der Waals surface area contributed by atoms with Crippen molar-refractivity contribution < 1.29 is 23.5 Å². The third-order valence-electron chi connectivity index (χ3n) is 3.05. The van der Waals surface area contributed by atoms with Crippen LogP contribution in [0.5, 0.6) is 0 Å². The molecule has 2 rings (SSSR count). The zero-order valence-electron chi connectivity index (χ0n) is 12.4. The van der Waals surface area contributed by atoms with Crippen molar-refractivity contribution in [1.82, 2.24) is 10.3 Å². The number of benzene rings is 1. The molecule has 1 aromatic heterocycles. The molecule has 0 aliphatic carbocycles. The summed E-state index contributed by atoms with van der Waals surface area (Å²) in [5.41, 5.74) is -0.600. The third-order valence-corrected chi connectivity index (χ3v) is 3.60. The van der Waals surface area contributed by atoms with Gasteiger partial charge in [0.2, 0.25) is 5.78 Å². The van der Waals surface area contributed by atoms with Crippen molar-refractivity contribution in [2.75, 3.05) is 0 Å². The molecule has 2 aromatic rings. The minimum absolute atomic E-state index is 0.0722. The van der Waals surface area contributed by atoms with Gasteiger partial charge in [0.15, 0.2) is 11.0 Å². The normalized spacial score (nSPS) is 11.3. The van der Waals surface area contributed by atoms with Crippen LogP contribution in [0, 0.1) is 11.6 Å². The van der Waals surface area contributed by atoms with Crippen LogP contribution >= 0.6 is 23.2 Å². The second kappa shape index (κ2) is 8.04. The standard InChI is InChI=1S/C16H10Cl2F2N2O3/c17-14-10(5-12(20)15(18)22-14)13(23)11(16(24)25)7-21-6-8-2-1-3-9(19)4-8/h1-5,7,21H,6H2,(H,24,25). The van der Waals surface area contributed by atoms with E-state index in [4.69, 9.17) is 23.2 Å². The Bertz CT molecular complexity index is 872. The molecular formula is C16H10Cl2F2N2O3. The second-order valence-electron chi connectivity index (χ2n) is 4.80. The summed E-state index contributed by atoms with van der Waals surface area (Å²) in [7, 11) is 0. The first kappa shape index (κ1) is 18.8. The van der Waals surface area contributed by atoms with E-state index >= 15 is 0 Å². The second-order valence-corrected chi connectivity index (χ2v) is 5.52. The molecule has 0 saturated carbocycles. The number of carboxylic acid groups (broad SMARTS) is 1. The van der Waals surface area contributed by atoms with E-state index in [9.17, 15) is 23.5 Å². The van der Waals surface area contributed by atoms with Crippen LogP contribution in [0.15, 0.2) is 42.1 Å². The summed E-state index contributed by atoms with van der Waals surface area (Å²) in [6.45, 7) is 0.0722. The molecule has 0 fully saturated rings. The van der Waals surface area contributed by atoms with E-state index in [0.29, 0.717) is 11.6 Å². The molecular weight excluding hydrogens is 377 g/mol. The van der Waals surface area contributed by atoms with Crippen molar-refractivity contribution in [2.45, 2.75) is 6.54 Å². The Morgan fingerprint density at radius 1 is 1.20 bits per heavy atom. The number of aliphatic carboxylic acids is 1. The summed E-state index contributed by atoms with van der Waals surface area (Å²) in [5.74, 6) is -4.06. The Kier molecular flexibility index (Phi) is 6.06. The Hall–Kier alpha value is -2.51. The minimum atomic E-state index is -1.55. The van der Waals surface area contributed by atoms with Gasteiger partial charge in [-0.05, 0) is 23.8 Å². The molecule has 2 N–H and O–H groups in total. The summed E-state index contributed by atoms with van der Waals surface area (Å²) < 4.78 is 26.6. The van der Waals surface area contributed by atoms with E-state index in [0.717, 1.165) is 6.20 Å². The maximum atomic E-state index is 13.5. The first-order valence-electron chi connectivity index (χ1n) is 6.77. The smallest absolute Gasteiger partial charge is 0.341 e. The molecule has 130 valence electrons. The molecule has 5 nitrogen and oxygen atoms in total. The van der Waals surface area contributed by atoms with Gasteiger partial charge in [-0.15, -0.1) is 0 Å². The zero-order chi connectivity index (χ0) is 18.6. The van der Waals surface area contributed by atoms with Gasteiger partial charge >= 0.3 is 5.97 Å². The molecule has 0 spiro atoms. The first-order chi connectivity index (χ1) is 11.8. The molecule has 1 aromatic carbocycles. The lowest BCUT2D eigenvalue weighted by Gasteiger charge is -2.07. The van der Waals surface area contributed by atoms with Crippen molar-refractivity contribution in [1.29, 1.82) is 0 Å². The van der Waals surface area contributed by atoms with Crippen LogP contribution < -0.4 is 5.32 Å². The van der Waals surface area contributed by atoms with Crippen molar-refractivity contribution in [3.63, 3.8) is 0 Å². The number of ketones is 1. The fourth-order valence-electron chi connectivity index (χ4n) is 1.89.